The molecule has 2 amide bonds. The fraction of sp³-hybridized carbons (Fsp3) is 0.312. The molecule has 2 fully saturated rings. The van der Waals surface area contributed by atoms with Crippen molar-refractivity contribution in [1.29, 1.82) is 0 Å². The zero-order chi connectivity index (χ0) is 15.4. The van der Waals surface area contributed by atoms with Crippen LogP contribution in [0, 0.1) is 11.8 Å². The smallest absolute Gasteiger partial charge is 0.308 e. The van der Waals surface area contributed by atoms with Crippen LogP contribution in [0.15, 0.2) is 36.4 Å². The van der Waals surface area contributed by atoms with Gasteiger partial charge in [0.1, 0.15) is 5.75 Å². The number of carbonyl (C=O) groups excluding carboxylic acids is 3. The molecule has 6 heteroatoms. The van der Waals surface area contributed by atoms with E-state index in [0.717, 1.165) is 0 Å². The molecule has 0 aromatic heterocycles. The predicted octanol–water partition coefficient (Wildman–Crippen LogP) is 1.05. The third-order valence-electron chi connectivity index (χ3n) is 4.25. The molecule has 0 aliphatic carbocycles. The summed E-state index contributed by atoms with van der Waals surface area (Å²) in [5.41, 5.74) is 0.419. The van der Waals surface area contributed by atoms with E-state index in [1.165, 1.54) is 17.9 Å². The number of ether oxygens (including phenoxy) is 2. The van der Waals surface area contributed by atoms with Crippen LogP contribution in [0.4, 0.5) is 5.69 Å². The van der Waals surface area contributed by atoms with Gasteiger partial charge in [-0.15, -0.1) is 0 Å². The number of hydrogen-bond acceptors (Lipinski definition) is 5. The molecule has 2 saturated heterocycles. The van der Waals surface area contributed by atoms with Crippen molar-refractivity contribution in [2.24, 2.45) is 11.8 Å². The van der Waals surface area contributed by atoms with E-state index in [9.17, 15) is 14.4 Å². The normalized spacial score (nSPS) is 31.8. The highest BCUT2D eigenvalue weighted by Crippen LogP contribution is 2.46. The molecule has 0 unspecified atom stereocenters. The highest BCUT2D eigenvalue weighted by molar-refractivity contribution is 6.23. The zero-order valence-electron chi connectivity index (χ0n) is 11.8. The number of benzene rings is 1. The summed E-state index contributed by atoms with van der Waals surface area (Å²) in [4.78, 5) is 37.4. The first-order chi connectivity index (χ1) is 10.6. The molecule has 1 aromatic rings. The first-order valence-electron chi connectivity index (χ1n) is 7.06. The van der Waals surface area contributed by atoms with Gasteiger partial charge in [0, 0.05) is 13.0 Å². The molecule has 4 rings (SSSR count). The molecule has 22 heavy (non-hydrogen) atoms. The predicted molar refractivity (Wildman–Crippen MR) is 75.0 cm³/mol. The van der Waals surface area contributed by atoms with Crippen LogP contribution in [0.2, 0.25) is 0 Å². The first-order valence-corrected chi connectivity index (χ1v) is 7.06. The van der Waals surface area contributed by atoms with Crippen LogP contribution in [-0.2, 0) is 19.1 Å². The summed E-state index contributed by atoms with van der Waals surface area (Å²) in [7, 11) is 0. The number of fused-ring (bicyclic) bond motifs is 5. The van der Waals surface area contributed by atoms with Crippen molar-refractivity contribution < 1.29 is 23.9 Å². The molecule has 112 valence electrons. The fourth-order valence-corrected chi connectivity index (χ4v) is 3.41. The Kier molecular flexibility index (Phi) is 2.71. The van der Waals surface area contributed by atoms with E-state index in [-0.39, 0.29) is 24.0 Å². The summed E-state index contributed by atoms with van der Waals surface area (Å²) in [5.74, 6) is -1.55. The largest absolute Gasteiger partial charge is 0.427 e. The van der Waals surface area contributed by atoms with Gasteiger partial charge in [-0.1, -0.05) is 18.2 Å². The van der Waals surface area contributed by atoms with Crippen molar-refractivity contribution in [3.63, 3.8) is 0 Å². The lowest BCUT2D eigenvalue weighted by Crippen LogP contribution is -2.34. The average molecular weight is 299 g/mol. The Balaban J connectivity index is 1.68. The van der Waals surface area contributed by atoms with E-state index in [0.29, 0.717) is 11.4 Å². The molecule has 0 spiro atoms. The summed E-state index contributed by atoms with van der Waals surface area (Å²) < 4.78 is 10.6. The zero-order valence-corrected chi connectivity index (χ0v) is 11.8. The molecule has 2 bridgehead atoms. The second-order valence-electron chi connectivity index (χ2n) is 5.60. The van der Waals surface area contributed by atoms with Gasteiger partial charge >= 0.3 is 5.97 Å². The maximum Gasteiger partial charge on any atom is 0.308 e. The van der Waals surface area contributed by atoms with Crippen LogP contribution < -0.4 is 9.64 Å². The Morgan fingerprint density at radius 2 is 1.77 bits per heavy atom. The molecular weight excluding hydrogens is 286 g/mol. The van der Waals surface area contributed by atoms with Gasteiger partial charge in [-0.05, 0) is 12.1 Å². The minimum atomic E-state index is -0.455. The summed E-state index contributed by atoms with van der Waals surface area (Å²) in [5, 5.41) is 0. The summed E-state index contributed by atoms with van der Waals surface area (Å²) in [6, 6.07) is 6.42. The Hall–Kier alpha value is -2.47. The molecule has 0 N–H and O–H groups in total. The van der Waals surface area contributed by atoms with Crippen LogP contribution in [-0.4, -0.2) is 30.0 Å². The van der Waals surface area contributed by atoms with Gasteiger partial charge in [-0.3, -0.25) is 14.4 Å². The van der Waals surface area contributed by atoms with E-state index >= 15 is 0 Å². The summed E-state index contributed by atoms with van der Waals surface area (Å²) in [6.07, 6.45) is 3.06. The van der Waals surface area contributed by atoms with Gasteiger partial charge < -0.3 is 9.47 Å². The molecule has 4 atom stereocenters. The van der Waals surface area contributed by atoms with Crippen LogP contribution in [0.5, 0.6) is 5.75 Å². The molecule has 1 aromatic carbocycles. The number of imide groups is 1. The van der Waals surface area contributed by atoms with Crippen LogP contribution in [0.3, 0.4) is 0 Å². The van der Waals surface area contributed by atoms with Crippen molar-refractivity contribution in [3.8, 4) is 5.75 Å². The number of esters is 1. The summed E-state index contributed by atoms with van der Waals surface area (Å²) in [6.45, 7) is 1.30. The SMILES string of the molecule is CC(=O)Oc1cccc(N2C(=O)[C@@H]3[C@@H](C2=O)[C@@H]2C=C[C@@H]3O2)c1. The van der Waals surface area contributed by atoms with Crippen LogP contribution in [0.25, 0.3) is 0 Å². The Morgan fingerprint density at radius 3 is 2.36 bits per heavy atom. The van der Waals surface area contributed by atoms with Crippen molar-refractivity contribution in [1.82, 2.24) is 0 Å². The third kappa shape index (κ3) is 1.74. The second kappa shape index (κ2) is 4.51. The Bertz CT molecular complexity index is 695. The summed E-state index contributed by atoms with van der Waals surface area (Å²) >= 11 is 0. The van der Waals surface area contributed by atoms with E-state index in [1.807, 2.05) is 12.2 Å². The van der Waals surface area contributed by atoms with Crippen molar-refractivity contribution in [2.75, 3.05) is 4.90 Å². The second-order valence-corrected chi connectivity index (χ2v) is 5.60. The molecule has 6 nitrogen and oxygen atoms in total. The molecule has 3 aliphatic rings. The Morgan fingerprint density at radius 1 is 1.14 bits per heavy atom. The van der Waals surface area contributed by atoms with Gasteiger partial charge in [-0.25, -0.2) is 4.90 Å². The minimum Gasteiger partial charge on any atom is -0.427 e. The monoisotopic (exact) mass is 299 g/mol. The van der Waals surface area contributed by atoms with Crippen LogP contribution >= 0.6 is 0 Å². The maximum atomic E-state index is 12.6. The number of rotatable bonds is 2. The topological polar surface area (TPSA) is 72.9 Å². The first kappa shape index (κ1) is 13.2. The van der Waals surface area contributed by atoms with Gasteiger partial charge in [0.15, 0.2) is 0 Å². The van der Waals surface area contributed by atoms with E-state index in [1.54, 1.807) is 18.2 Å². The van der Waals surface area contributed by atoms with Gasteiger partial charge in [0.05, 0.1) is 29.7 Å². The third-order valence-corrected chi connectivity index (χ3v) is 4.25. The highest BCUT2D eigenvalue weighted by atomic mass is 16.5. The maximum absolute atomic E-state index is 12.6. The molecule has 3 heterocycles. The lowest BCUT2D eigenvalue weighted by Gasteiger charge is -2.18. The average Bonchev–Trinajstić information content (AvgIpc) is 3.12. The molecule has 0 saturated carbocycles. The number of amides is 2. The molecular formula is C16H13NO5. The van der Waals surface area contributed by atoms with Gasteiger partial charge in [0.25, 0.3) is 0 Å². The molecule has 3 aliphatic heterocycles. The lowest BCUT2D eigenvalue weighted by atomic mass is 9.85. The fourth-order valence-electron chi connectivity index (χ4n) is 3.41. The number of hydrogen-bond donors (Lipinski definition) is 0. The van der Waals surface area contributed by atoms with Gasteiger partial charge in [0.2, 0.25) is 11.8 Å². The van der Waals surface area contributed by atoms with E-state index < -0.39 is 17.8 Å². The molecule has 0 radical (unpaired) electrons. The van der Waals surface area contributed by atoms with Gasteiger partial charge in [-0.2, -0.15) is 0 Å². The number of anilines is 1. The van der Waals surface area contributed by atoms with Crippen LogP contribution in [0.1, 0.15) is 6.92 Å². The lowest BCUT2D eigenvalue weighted by molar-refractivity contribution is -0.132. The minimum absolute atomic E-state index is 0.258. The Labute approximate surface area is 126 Å². The number of nitrogens with zero attached hydrogens (tertiary/aromatic N) is 1. The highest BCUT2D eigenvalue weighted by Gasteiger charge is 2.61. The van der Waals surface area contributed by atoms with Crippen molar-refractivity contribution in [2.45, 2.75) is 19.1 Å². The number of carbonyl (C=O) groups is 3. The van der Waals surface area contributed by atoms with Crippen molar-refractivity contribution in [3.05, 3.63) is 36.4 Å². The van der Waals surface area contributed by atoms with E-state index in [4.69, 9.17) is 9.47 Å². The van der Waals surface area contributed by atoms with Crippen molar-refractivity contribution >= 4 is 23.5 Å². The quantitative estimate of drug-likeness (QED) is 0.353. The standard InChI is InChI=1S/C16H13NO5/c1-8(18)21-10-4-2-3-9(7-10)17-15(19)13-11-5-6-12(22-11)14(13)16(17)20/h2-7,11-14H,1H3/t11-,12-,13-,14-/m0/s1. The van der Waals surface area contributed by atoms with E-state index in [2.05, 4.69) is 0 Å².